The fourth-order valence-electron chi connectivity index (χ4n) is 3.87. The van der Waals surface area contributed by atoms with Crippen LogP contribution in [0.5, 0.6) is 0 Å². The second kappa shape index (κ2) is 2.84. The van der Waals surface area contributed by atoms with E-state index in [1.807, 2.05) is 6.92 Å². The van der Waals surface area contributed by atoms with E-state index in [9.17, 15) is 4.79 Å². The van der Waals surface area contributed by atoms with Gasteiger partial charge < -0.3 is 0 Å². The first kappa shape index (κ1) is 9.38. The standard InChI is InChI=1S/C14H18O/c1-3-9-12-7-8-14(12,2)11-6-4-5-10(11)13(9)15/h3,12H,4-8H2,1-2H3/b9-3-/t12-,14+/m0/s1. The van der Waals surface area contributed by atoms with Gasteiger partial charge in [0.15, 0.2) is 5.78 Å². The molecule has 3 aliphatic rings. The van der Waals surface area contributed by atoms with E-state index in [0.29, 0.717) is 17.1 Å². The first-order valence-electron chi connectivity index (χ1n) is 6.12. The molecule has 0 aromatic carbocycles. The maximum absolute atomic E-state index is 12.2. The highest BCUT2D eigenvalue weighted by molar-refractivity contribution is 6.11. The van der Waals surface area contributed by atoms with Gasteiger partial charge >= 0.3 is 0 Å². The molecule has 0 saturated heterocycles. The van der Waals surface area contributed by atoms with Gasteiger partial charge in [-0.3, -0.25) is 4.79 Å². The summed E-state index contributed by atoms with van der Waals surface area (Å²) in [7, 11) is 0. The van der Waals surface area contributed by atoms with Crippen LogP contribution in [-0.4, -0.2) is 5.78 Å². The largest absolute Gasteiger partial charge is 0.289 e. The fraction of sp³-hybridized carbons (Fsp3) is 0.643. The Hall–Kier alpha value is -0.850. The Balaban J connectivity index is 2.17. The Morgan fingerprint density at radius 3 is 2.80 bits per heavy atom. The lowest BCUT2D eigenvalue weighted by Crippen LogP contribution is -2.45. The van der Waals surface area contributed by atoms with E-state index in [-0.39, 0.29) is 0 Å². The summed E-state index contributed by atoms with van der Waals surface area (Å²) < 4.78 is 0. The molecule has 2 atom stereocenters. The van der Waals surface area contributed by atoms with Gasteiger partial charge in [0, 0.05) is 0 Å². The van der Waals surface area contributed by atoms with E-state index in [2.05, 4.69) is 13.0 Å². The van der Waals surface area contributed by atoms with Crippen LogP contribution >= 0.6 is 0 Å². The molecule has 15 heavy (non-hydrogen) atoms. The number of hydrogen-bond donors (Lipinski definition) is 0. The minimum atomic E-state index is 0.363. The molecule has 0 aromatic heterocycles. The summed E-state index contributed by atoms with van der Waals surface area (Å²) in [6.07, 6.45) is 8.00. The third kappa shape index (κ3) is 0.965. The summed E-state index contributed by atoms with van der Waals surface area (Å²) >= 11 is 0. The van der Waals surface area contributed by atoms with Gasteiger partial charge in [-0.25, -0.2) is 0 Å². The van der Waals surface area contributed by atoms with Gasteiger partial charge in [0.2, 0.25) is 0 Å². The molecule has 3 rings (SSSR count). The number of rotatable bonds is 0. The molecule has 0 unspecified atom stereocenters. The molecule has 1 nitrogen and oxygen atoms in total. The molecular weight excluding hydrogens is 184 g/mol. The normalized spacial score (nSPS) is 41.6. The van der Waals surface area contributed by atoms with Crippen molar-refractivity contribution in [1.82, 2.24) is 0 Å². The summed E-state index contributed by atoms with van der Waals surface area (Å²) in [4.78, 5) is 12.2. The maximum atomic E-state index is 12.2. The summed E-state index contributed by atoms with van der Waals surface area (Å²) in [5, 5.41) is 0. The SMILES string of the molecule is C/C=C1\C(=O)C2=C(CCC2)[C@@]2(C)CC[C@@H]12. The van der Waals surface area contributed by atoms with Crippen LogP contribution in [0.2, 0.25) is 0 Å². The zero-order valence-corrected chi connectivity index (χ0v) is 9.60. The van der Waals surface area contributed by atoms with Gasteiger partial charge in [-0.2, -0.15) is 0 Å². The molecule has 0 bridgehead atoms. The molecule has 0 amide bonds. The molecule has 0 radical (unpaired) electrons. The first-order chi connectivity index (χ1) is 7.18. The zero-order valence-electron chi connectivity index (χ0n) is 9.60. The minimum Gasteiger partial charge on any atom is -0.289 e. The Morgan fingerprint density at radius 1 is 1.40 bits per heavy atom. The first-order valence-corrected chi connectivity index (χ1v) is 6.12. The van der Waals surface area contributed by atoms with Crippen LogP contribution in [0, 0.1) is 11.3 Å². The monoisotopic (exact) mass is 202 g/mol. The molecular formula is C14H18O. The molecule has 1 fully saturated rings. The topological polar surface area (TPSA) is 17.1 Å². The van der Waals surface area contributed by atoms with Gasteiger partial charge in [-0.05, 0) is 61.5 Å². The van der Waals surface area contributed by atoms with E-state index in [1.165, 1.54) is 36.8 Å². The van der Waals surface area contributed by atoms with Crippen molar-refractivity contribution < 1.29 is 4.79 Å². The van der Waals surface area contributed by atoms with Gasteiger partial charge in [0.25, 0.3) is 0 Å². The van der Waals surface area contributed by atoms with E-state index >= 15 is 0 Å². The number of carbonyl (C=O) groups is 1. The summed E-state index contributed by atoms with van der Waals surface area (Å²) in [6, 6.07) is 0. The Kier molecular flexibility index (Phi) is 1.78. The van der Waals surface area contributed by atoms with Crippen LogP contribution in [0.1, 0.15) is 46.0 Å². The Bertz CT molecular complexity index is 400. The average Bonchev–Trinajstić information content (AvgIpc) is 2.69. The molecule has 0 heterocycles. The summed E-state index contributed by atoms with van der Waals surface area (Å²) in [5.41, 5.74) is 4.18. The van der Waals surface area contributed by atoms with Crippen molar-refractivity contribution in [2.45, 2.75) is 46.0 Å². The summed E-state index contributed by atoms with van der Waals surface area (Å²) in [5.74, 6) is 0.930. The van der Waals surface area contributed by atoms with Gasteiger partial charge in [-0.15, -0.1) is 0 Å². The molecule has 80 valence electrons. The van der Waals surface area contributed by atoms with E-state index in [0.717, 1.165) is 12.0 Å². The van der Waals surface area contributed by atoms with Crippen LogP contribution in [0.15, 0.2) is 22.8 Å². The van der Waals surface area contributed by atoms with E-state index in [1.54, 1.807) is 0 Å². The molecule has 0 aliphatic heterocycles. The molecule has 0 spiro atoms. The number of ketones is 1. The van der Waals surface area contributed by atoms with Crippen molar-refractivity contribution in [3.05, 3.63) is 22.8 Å². The zero-order chi connectivity index (χ0) is 10.6. The third-order valence-corrected chi connectivity index (χ3v) is 4.85. The number of Topliss-reactive ketones (excluding diaryl/α,β-unsaturated/α-hetero) is 1. The fourth-order valence-corrected chi connectivity index (χ4v) is 3.87. The lowest BCUT2D eigenvalue weighted by atomic mass is 9.51. The lowest BCUT2D eigenvalue weighted by molar-refractivity contribution is -0.115. The van der Waals surface area contributed by atoms with Crippen LogP contribution in [0.25, 0.3) is 0 Å². The van der Waals surface area contributed by atoms with Gasteiger partial charge in [0.1, 0.15) is 0 Å². The van der Waals surface area contributed by atoms with Crippen LogP contribution in [0.4, 0.5) is 0 Å². The van der Waals surface area contributed by atoms with Crippen LogP contribution in [0.3, 0.4) is 0 Å². The predicted molar refractivity (Wildman–Crippen MR) is 60.5 cm³/mol. The smallest absolute Gasteiger partial charge is 0.184 e. The molecule has 0 N–H and O–H groups in total. The third-order valence-electron chi connectivity index (χ3n) is 4.85. The number of carbonyl (C=O) groups excluding carboxylic acids is 1. The lowest BCUT2D eigenvalue weighted by Gasteiger charge is -2.52. The van der Waals surface area contributed by atoms with E-state index < -0.39 is 0 Å². The molecule has 0 aromatic rings. The molecule has 1 saturated carbocycles. The van der Waals surface area contributed by atoms with Crippen LogP contribution < -0.4 is 0 Å². The predicted octanol–water partition coefficient (Wildman–Crippen LogP) is 3.41. The van der Waals surface area contributed by atoms with E-state index in [4.69, 9.17) is 0 Å². The Labute approximate surface area is 91.2 Å². The second-order valence-corrected chi connectivity index (χ2v) is 5.39. The maximum Gasteiger partial charge on any atom is 0.184 e. The quantitative estimate of drug-likeness (QED) is 0.550. The van der Waals surface area contributed by atoms with Crippen molar-refractivity contribution in [2.24, 2.45) is 11.3 Å². The van der Waals surface area contributed by atoms with Gasteiger partial charge in [-0.1, -0.05) is 18.6 Å². The summed E-state index contributed by atoms with van der Waals surface area (Å²) in [6.45, 7) is 4.39. The number of allylic oxidation sites excluding steroid dienone is 4. The molecule has 1 heteroatoms. The highest BCUT2D eigenvalue weighted by Gasteiger charge is 2.53. The second-order valence-electron chi connectivity index (χ2n) is 5.39. The van der Waals surface area contributed by atoms with Gasteiger partial charge in [0.05, 0.1) is 0 Å². The number of fused-ring (bicyclic) bond motifs is 2. The molecule has 3 aliphatic carbocycles. The van der Waals surface area contributed by atoms with Crippen molar-refractivity contribution in [3.63, 3.8) is 0 Å². The van der Waals surface area contributed by atoms with Crippen LogP contribution in [-0.2, 0) is 4.79 Å². The highest BCUT2D eigenvalue weighted by atomic mass is 16.1. The average molecular weight is 202 g/mol. The van der Waals surface area contributed by atoms with Crippen molar-refractivity contribution in [2.75, 3.05) is 0 Å². The Morgan fingerprint density at radius 2 is 2.20 bits per heavy atom. The minimum absolute atomic E-state index is 0.363. The highest BCUT2D eigenvalue weighted by Crippen LogP contribution is 2.61. The number of hydrogen-bond acceptors (Lipinski definition) is 1. The van der Waals surface area contributed by atoms with Crippen molar-refractivity contribution in [3.8, 4) is 0 Å². The van der Waals surface area contributed by atoms with Crippen molar-refractivity contribution in [1.29, 1.82) is 0 Å². The van der Waals surface area contributed by atoms with Crippen molar-refractivity contribution >= 4 is 5.78 Å².